The maximum Gasteiger partial charge on any atom is 0.183 e. The number of nitrogens with zero attached hydrogens (tertiary/aromatic N) is 4. The summed E-state index contributed by atoms with van der Waals surface area (Å²) in [6.07, 6.45) is -0.581. The standard InChI is InChI=1S/C12H18N4O4/c1-11(2)17-5-6(18-11)7-8-9(20-12(3,4)19-8)10-13-14-15-16(7)10/h6-9H,5H2,1-4H3/t6-,7+,8+,9+/m1/s1. The molecule has 0 radical (unpaired) electrons. The van der Waals surface area contributed by atoms with Crippen molar-refractivity contribution in [3.05, 3.63) is 5.82 Å². The first kappa shape index (κ1) is 12.6. The third kappa shape index (κ3) is 1.72. The van der Waals surface area contributed by atoms with Gasteiger partial charge in [0.05, 0.1) is 6.61 Å². The van der Waals surface area contributed by atoms with E-state index in [0.717, 1.165) is 0 Å². The zero-order valence-electron chi connectivity index (χ0n) is 11.9. The van der Waals surface area contributed by atoms with Crippen LogP contribution in [-0.4, -0.2) is 50.6 Å². The maximum atomic E-state index is 6.02. The lowest BCUT2D eigenvalue weighted by Gasteiger charge is -2.26. The van der Waals surface area contributed by atoms with Crippen LogP contribution in [0.4, 0.5) is 0 Å². The van der Waals surface area contributed by atoms with Gasteiger partial charge in [0.2, 0.25) is 0 Å². The van der Waals surface area contributed by atoms with Crippen LogP contribution < -0.4 is 0 Å². The summed E-state index contributed by atoms with van der Waals surface area (Å²) in [6, 6.07) is -0.131. The number of tetrazole rings is 1. The zero-order chi connectivity index (χ0) is 14.1. The van der Waals surface area contributed by atoms with E-state index in [-0.39, 0.29) is 24.4 Å². The number of ether oxygens (including phenoxy) is 4. The molecular weight excluding hydrogens is 264 g/mol. The van der Waals surface area contributed by atoms with Crippen molar-refractivity contribution in [3.63, 3.8) is 0 Å². The molecule has 0 saturated carbocycles. The lowest BCUT2D eigenvalue weighted by Crippen LogP contribution is -2.36. The summed E-state index contributed by atoms with van der Waals surface area (Å²) in [5, 5.41) is 11.9. The van der Waals surface area contributed by atoms with Crippen LogP contribution in [0, 0.1) is 0 Å². The molecule has 0 amide bonds. The zero-order valence-corrected chi connectivity index (χ0v) is 11.9. The lowest BCUT2D eigenvalue weighted by molar-refractivity contribution is -0.169. The van der Waals surface area contributed by atoms with Gasteiger partial charge in [-0.3, -0.25) is 0 Å². The molecule has 20 heavy (non-hydrogen) atoms. The normalized spacial score (nSPS) is 40.8. The van der Waals surface area contributed by atoms with Crippen molar-refractivity contribution in [3.8, 4) is 0 Å². The average Bonchev–Trinajstić information content (AvgIpc) is 3.01. The Labute approximate surface area is 116 Å². The average molecular weight is 282 g/mol. The number of hydrogen-bond donors (Lipinski definition) is 0. The second-order valence-electron chi connectivity index (χ2n) is 6.36. The largest absolute Gasteiger partial charge is 0.348 e. The van der Waals surface area contributed by atoms with Crippen LogP contribution in [0.1, 0.15) is 45.7 Å². The van der Waals surface area contributed by atoms with E-state index in [0.29, 0.717) is 12.4 Å². The van der Waals surface area contributed by atoms with E-state index in [2.05, 4.69) is 15.5 Å². The first-order chi connectivity index (χ1) is 9.36. The predicted molar refractivity (Wildman–Crippen MR) is 64.5 cm³/mol. The summed E-state index contributed by atoms with van der Waals surface area (Å²) in [5.41, 5.74) is 0. The molecule has 110 valence electrons. The quantitative estimate of drug-likeness (QED) is 0.745. The van der Waals surface area contributed by atoms with Crippen LogP contribution >= 0.6 is 0 Å². The predicted octanol–water partition coefficient (Wildman–Crippen LogP) is 0.572. The molecule has 0 aliphatic carbocycles. The highest BCUT2D eigenvalue weighted by Gasteiger charge is 2.58. The van der Waals surface area contributed by atoms with Gasteiger partial charge in [-0.15, -0.1) is 5.10 Å². The number of rotatable bonds is 1. The molecule has 4 rings (SSSR count). The van der Waals surface area contributed by atoms with Crippen LogP contribution in [0.2, 0.25) is 0 Å². The van der Waals surface area contributed by atoms with Crippen molar-refractivity contribution >= 4 is 0 Å². The Kier molecular flexibility index (Phi) is 2.37. The summed E-state index contributed by atoms with van der Waals surface area (Å²) in [5.74, 6) is -0.537. The molecule has 8 heteroatoms. The molecule has 0 bridgehead atoms. The van der Waals surface area contributed by atoms with E-state index >= 15 is 0 Å². The molecule has 2 fully saturated rings. The highest BCUT2D eigenvalue weighted by Crippen LogP contribution is 2.49. The SMILES string of the molecule is CC1(C)O[C@H]2[C@H]([C@H]3COC(C)(C)O3)n3nnnc3[C@H]2O1. The minimum Gasteiger partial charge on any atom is -0.348 e. The van der Waals surface area contributed by atoms with Gasteiger partial charge in [-0.2, -0.15) is 0 Å². The van der Waals surface area contributed by atoms with Gasteiger partial charge < -0.3 is 18.9 Å². The first-order valence-electron chi connectivity index (χ1n) is 6.81. The molecule has 3 aliphatic rings. The minimum atomic E-state index is -0.639. The summed E-state index contributed by atoms with van der Waals surface area (Å²) in [4.78, 5) is 0. The molecule has 0 spiro atoms. The van der Waals surface area contributed by atoms with E-state index in [1.807, 2.05) is 27.7 Å². The molecule has 0 aromatic carbocycles. The molecular formula is C12H18N4O4. The monoisotopic (exact) mass is 282 g/mol. The third-order valence-corrected chi connectivity index (χ3v) is 3.93. The molecule has 0 unspecified atom stereocenters. The number of hydrogen-bond acceptors (Lipinski definition) is 7. The lowest BCUT2D eigenvalue weighted by atomic mass is 10.1. The smallest absolute Gasteiger partial charge is 0.183 e. The molecule has 4 atom stereocenters. The van der Waals surface area contributed by atoms with Gasteiger partial charge in [0.15, 0.2) is 23.5 Å². The highest BCUT2D eigenvalue weighted by atomic mass is 16.8. The summed E-state index contributed by atoms with van der Waals surface area (Å²) in [7, 11) is 0. The van der Waals surface area contributed by atoms with E-state index in [1.165, 1.54) is 0 Å². The fraction of sp³-hybridized carbons (Fsp3) is 0.917. The van der Waals surface area contributed by atoms with Gasteiger partial charge >= 0.3 is 0 Å². The van der Waals surface area contributed by atoms with Gasteiger partial charge in [0.1, 0.15) is 18.2 Å². The third-order valence-electron chi connectivity index (χ3n) is 3.93. The topological polar surface area (TPSA) is 80.5 Å². The Morgan fingerprint density at radius 3 is 2.60 bits per heavy atom. The maximum absolute atomic E-state index is 6.02. The highest BCUT2D eigenvalue weighted by molar-refractivity contribution is 5.11. The van der Waals surface area contributed by atoms with E-state index in [4.69, 9.17) is 18.9 Å². The van der Waals surface area contributed by atoms with Crippen LogP contribution in [0.3, 0.4) is 0 Å². The van der Waals surface area contributed by atoms with Gasteiger partial charge in [0.25, 0.3) is 0 Å². The Morgan fingerprint density at radius 1 is 1.10 bits per heavy atom. The Bertz CT molecular complexity index is 543. The molecule has 2 saturated heterocycles. The van der Waals surface area contributed by atoms with E-state index < -0.39 is 11.6 Å². The summed E-state index contributed by atoms with van der Waals surface area (Å²) < 4.78 is 25.3. The van der Waals surface area contributed by atoms with Gasteiger partial charge in [-0.25, -0.2) is 4.68 Å². The van der Waals surface area contributed by atoms with E-state index in [9.17, 15) is 0 Å². The van der Waals surface area contributed by atoms with Crippen molar-refractivity contribution in [2.45, 2.75) is 63.6 Å². The fourth-order valence-corrected chi connectivity index (χ4v) is 3.23. The van der Waals surface area contributed by atoms with Crippen LogP contribution in [0.5, 0.6) is 0 Å². The van der Waals surface area contributed by atoms with Gasteiger partial charge in [-0.1, -0.05) is 0 Å². The van der Waals surface area contributed by atoms with Crippen molar-refractivity contribution < 1.29 is 18.9 Å². The Balaban J connectivity index is 1.69. The Morgan fingerprint density at radius 2 is 1.90 bits per heavy atom. The van der Waals surface area contributed by atoms with Crippen molar-refractivity contribution in [1.82, 2.24) is 20.2 Å². The van der Waals surface area contributed by atoms with Crippen molar-refractivity contribution in [1.29, 1.82) is 0 Å². The van der Waals surface area contributed by atoms with Crippen molar-refractivity contribution in [2.75, 3.05) is 6.61 Å². The van der Waals surface area contributed by atoms with Crippen molar-refractivity contribution in [2.24, 2.45) is 0 Å². The van der Waals surface area contributed by atoms with E-state index in [1.54, 1.807) is 4.68 Å². The molecule has 3 aliphatic heterocycles. The Hall–Kier alpha value is -1.09. The molecule has 8 nitrogen and oxygen atoms in total. The number of aromatic nitrogens is 4. The number of fused-ring (bicyclic) bond motifs is 3. The first-order valence-corrected chi connectivity index (χ1v) is 6.81. The van der Waals surface area contributed by atoms with Gasteiger partial charge in [-0.05, 0) is 38.1 Å². The second-order valence-corrected chi connectivity index (χ2v) is 6.36. The molecule has 1 aromatic rings. The molecule has 0 N–H and O–H groups in total. The van der Waals surface area contributed by atoms with Crippen LogP contribution in [0.15, 0.2) is 0 Å². The van der Waals surface area contributed by atoms with Crippen LogP contribution in [0.25, 0.3) is 0 Å². The summed E-state index contributed by atoms with van der Waals surface area (Å²) >= 11 is 0. The fourth-order valence-electron chi connectivity index (χ4n) is 3.23. The molecule has 1 aromatic heterocycles. The van der Waals surface area contributed by atoms with Crippen LogP contribution in [-0.2, 0) is 18.9 Å². The molecule has 4 heterocycles. The van der Waals surface area contributed by atoms with Gasteiger partial charge in [0, 0.05) is 0 Å². The summed E-state index contributed by atoms with van der Waals surface area (Å²) in [6.45, 7) is 8.08. The second kappa shape index (κ2) is 3.76. The minimum absolute atomic E-state index is 0.131.